The van der Waals surface area contributed by atoms with Gasteiger partial charge in [0.2, 0.25) is 0 Å². The van der Waals surface area contributed by atoms with E-state index in [1.807, 2.05) is 0 Å². The van der Waals surface area contributed by atoms with Gasteiger partial charge in [0.05, 0.1) is 12.0 Å². The van der Waals surface area contributed by atoms with Crippen molar-refractivity contribution in [1.29, 1.82) is 0 Å². The summed E-state index contributed by atoms with van der Waals surface area (Å²) in [5.41, 5.74) is -1.29. The number of rotatable bonds is 2. The van der Waals surface area contributed by atoms with Crippen LogP contribution < -0.4 is 0 Å². The second-order valence-electron chi connectivity index (χ2n) is 4.78. The van der Waals surface area contributed by atoms with Crippen molar-refractivity contribution in [3.05, 3.63) is 0 Å². The van der Waals surface area contributed by atoms with Crippen molar-refractivity contribution in [1.82, 2.24) is 0 Å². The molecule has 1 rings (SSSR count). The Morgan fingerprint density at radius 1 is 1.18 bits per heavy atom. The topological polar surface area (TPSA) is 93.1 Å². The highest BCUT2D eigenvalue weighted by Crippen LogP contribution is 2.34. The van der Waals surface area contributed by atoms with Gasteiger partial charge in [0, 0.05) is 12.8 Å². The van der Waals surface area contributed by atoms with Crippen molar-refractivity contribution in [2.45, 2.75) is 45.5 Å². The number of esters is 2. The lowest BCUT2D eigenvalue weighted by Gasteiger charge is -2.38. The molecule has 0 aromatic rings. The molecule has 6 heteroatoms. The summed E-state index contributed by atoms with van der Waals surface area (Å²) in [6, 6.07) is 0. The zero-order valence-corrected chi connectivity index (χ0v) is 10.1. The summed E-state index contributed by atoms with van der Waals surface area (Å²) in [4.78, 5) is 22.8. The molecule has 0 aromatic heterocycles. The van der Waals surface area contributed by atoms with Crippen molar-refractivity contribution in [3.8, 4) is 0 Å². The number of aliphatic hydroxyl groups is 2. The summed E-state index contributed by atoms with van der Waals surface area (Å²) in [5.74, 6) is -3.72. The Morgan fingerprint density at radius 2 is 1.59 bits per heavy atom. The summed E-state index contributed by atoms with van der Waals surface area (Å²) in [7, 11) is 0. The SMILES string of the molecule is CC(C)(CO)C1(O)OC(=O)CCCCC(=O)O1. The normalized spacial score (nSPS) is 21.9. The maximum Gasteiger partial charge on any atom is 0.380 e. The zero-order valence-electron chi connectivity index (χ0n) is 10.1. The van der Waals surface area contributed by atoms with E-state index in [2.05, 4.69) is 0 Å². The highest BCUT2D eigenvalue weighted by atomic mass is 16.8. The molecule has 0 aliphatic carbocycles. The number of hydrogen-bond acceptors (Lipinski definition) is 6. The summed E-state index contributed by atoms with van der Waals surface area (Å²) < 4.78 is 9.60. The molecule has 0 unspecified atom stereocenters. The molecule has 6 nitrogen and oxygen atoms in total. The predicted octanol–water partition coefficient (Wildman–Crippen LogP) is 0.311. The van der Waals surface area contributed by atoms with Gasteiger partial charge in [0.25, 0.3) is 0 Å². The molecule has 17 heavy (non-hydrogen) atoms. The Kier molecular flexibility index (Phi) is 4.11. The van der Waals surface area contributed by atoms with Gasteiger partial charge < -0.3 is 19.7 Å². The van der Waals surface area contributed by atoms with Gasteiger partial charge >= 0.3 is 17.9 Å². The third-order valence-corrected chi connectivity index (χ3v) is 2.77. The van der Waals surface area contributed by atoms with Crippen LogP contribution in [0.15, 0.2) is 0 Å². The van der Waals surface area contributed by atoms with Gasteiger partial charge in [-0.15, -0.1) is 0 Å². The zero-order chi connectivity index (χ0) is 13.1. The molecule has 0 saturated carbocycles. The molecule has 0 aromatic carbocycles. The number of carbonyl (C=O) groups excluding carboxylic acids is 2. The van der Waals surface area contributed by atoms with Crippen LogP contribution in [0.25, 0.3) is 0 Å². The number of carbonyl (C=O) groups is 2. The summed E-state index contributed by atoms with van der Waals surface area (Å²) in [6.45, 7) is 2.38. The standard InChI is InChI=1S/C11H18O6/c1-10(2,7-12)11(15)16-8(13)5-3-4-6-9(14)17-11/h12,15H,3-7H2,1-2H3. The van der Waals surface area contributed by atoms with Crippen LogP contribution in [0, 0.1) is 5.41 Å². The van der Waals surface area contributed by atoms with E-state index in [1.54, 1.807) is 0 Å². The largest absolute Gasteiger partial charge is 0.398 e. The van der Waals surface area contributed by atoms with Crippen LogP contribution in [0.5, 0.6) is 0 Å². The van der Waals surface area contributed by atoms with Crippen LogP contribution in [-0.4, -0.2) is 34.7 Å². The van der Waals surface area contributed by atoms with Crippen molar-refractivity contribution >= 4 is 11.9 Å². The molecule has 2 N–H and O–H groups in total. The molecule has 0 amide bonds. The van der Waals surface area contributed by atoms with E-state index in [-0.39, 0.29) is 12.8 Å². The quantitative estimate of drug-likeness (QED) is 0.681. The fourth-order valence-electron chi connectivity index (χ4n) is 1.35. The van der Waals surface area contributed by atoms with Gasteiger partial charge in [0.1, 0.15) is 0 Å². The van der Waals surface area contributed by atoms with E-state index in [0.29, 0.717) is 12.8 Å². The lowest BCUT2D eigenvalue weighted by molar-refractivity contribution is -0.375. The molecule has 1 saturated heterocycles. The fourth-order valence-corrected chi connectivity index (χ4v) is 1.35. The lowest BCUT2D eigenvalue weighted by Crippen LogP contribution is -2.53. The van der Waals surface area contributed by atoms with Crippen LogP contribution in [0.4, 0.5) is 0 Å². The number of aliphatic hydroxyl groups excluding tert-OH is 1. The van der Waals surface area contributed by atoms with Crippen LogP contribution in [0.3, 0.4) is 0 Å². The van der Waals surface area contributed by atoms with Gasteiger partial charge in [-0.05, 0) is 26.7 Å². The fraction of sp³-hybridized carbons (Fsp3) is 0.818. The van der Waals surface area contributed by atoms with Crippen molar-refractivity contribution in [3.63, 3.8) is 0 Å². The Bertz CT molecular complexity index is 289. The third kappa shape index (κ3) is 3.17. The molecule has 98 valence electrons. The maximum absolute atomic E-state index is 11.4. The van der Waals surface area contributed by atoms with E-state index >= 15 is 0 Å². The summed E-state index contributed by atoms with van der Waals surface area (Å²) in [5, 5.41) is 19.3. The summed E-state index contributed by atoms with van der Waals surface area (Å²) >= 11 is 0. The smallest absolute Gasteiger partial charge is 0.380 e. The molecule has 0 radical (unpaired) electrons. The summed E-state index contributed by atoms with van der Waals surface area (Å²) in [6.07, 6.45) is 1.23. The molecule has 1 aliphatic heterocycles. The number of ether oxygens (including phenoxy) is 2. The first-order chi connectivity index (χ1) is 7.81. The number of cyclic esters (lactones) is 2. The molecule has 0 atom stereocenters. The van der Waals surface area contributed by atoms with E-state index in [4.69, 9.17) is 9.47 Å². The molecule has 1 heterocycles. The Morgan fingerprint density at radius 3 is 1.94 bits per heavy atom. The van der Waals surface area contributed by atoms with Crippen LogP contribution >= 0.6 is 0 Å². The maximum atomic E-state index is 11.4. The Labute approximate surface area is 99.5 Å². The first-order valence-electron chi connectivity index (χ1n) is 5.58. The van der Waals surface area contributed by atoms with Crippen molar-refractivity contribution in [2.24, 2.45) is 5.41 Å². The molecular formula is C11H18O6. The van der Waals surface area contributed by atoms with E-state index in [1.165, 1.54) is 13.8 Å². The van der Waals surface area contributed by atoms with Crippen molar-refractivity contribution in [2.75, 3.05) is 6.61 Å². The highest BCUT2D eigenvalue weighted by Gasteiger charge is 2.51. The third-order valence-electron chi connectivity index (χ3n) is 2.77. The van der Waals surface area contributed by atoms with E-state index < -0.39 is 29.9 Å². The predicted molar refractivity (Wildman–Crippen MR) is 56.5 cm³/mol. The molecule has 0 bridgehead atoms. The van der Waals surface area contributed by atoms with Gasteiger partial charge in [-0.3, -0.25) is 9.59 Å². The van der Waals surface area contributed by atoms with Gasteiger partial charge in [-0.1, -0.05) is 0 Å². The monoisotopic (exact) mass is 246 g/mol. The first-order valence-corrected chi connectivity index (χ1v) is 5.58. The molecular weight excluding hydrogens is 228 g/mol. The minimum Gasteiger partial charge on any atom is -0.398 e. The highest BCUT2D eigenvalue weighted by molar-refractivity contribution is 5.73. The molecule has 1 aliphatic rings. The molecule has 1 fully saturated rings. The minimum absolute atomic E-state index is 0.112. The van der Waals surface area contributed by atoms with Crippen LogP contribution in [-0.2, 0) is 19.1 Å². The van der Waals surface area contributed by atoms with Gasteiger partial charge in [0.15, 0.2) is 0 Å². The second-order valence-corrected chi connectivity index (χ2v) is 4.78. The van der Waals surface area contributed by atoms with E-state index in [0.717, 1.165) is 0 Å². The van der Waals surface area contributed by atoms with Crippen molar-refractivity contribution < 1.29 is 29.3 Å². The van der Waals surface area contributed by atoms with Crippen LogP contribution in [0.2, 0.25) is 0 Å². The number of hydrogen-bond donors (Lipinski definition) is 2. The average molecular weight is 246 g/mol. The van der Waals surface area contributed by atoms with Gasteiger partial charge in [-0.2, -0.15) is 0 Å². The van der Waals surface area contributed by atoms with Crippen LogP contribution in [0.1, 0.15) is 39.5 Å². The lowest BCUT2D eigenvalue weighted by atomic mass is 9.91. The second kappa shape index (κ2) is 5.01. The van der Waals surface area contributed by atoms with E-state index in [9.17, 15) is 19.8 Å². The first kappa shape index (κ1) is 13.9. The van der Waals surface area contributed by atoms with Gasteiger partial charge in [-0.25, -0.2) is 0 Å². The minimum atomic E-state index is -2.42. The average Bonchev–Trinajstić information content (AvgIpc) is 2.29. The Balaban J connectivity index is 2.97. The molecule has 0 spiro atoms. The Hall–Kier alpha value is -1.14.